The molecule has 1 fully saturated rings. The fourth-order valence-electron chi connectivity index (χ4n) is 1.75. The van der Waals surface area contributed by atoms with E-state index in [1.165, 1.54) is 0 Å². The molecule has 1 N–H and O–H groups in total. The third-order valence-electron chi connectivity index (χ3n) is 2.72. The second-order valence-electron chi connectivity index (χ2n) is 3.98. The van der Waals surface area contributed by atoms with E-state index in [0.717, 1.165) is 44.1 Å². The summed E-state index contributed by atoms with van der Waals surface area (Å²) in [5.74, 6) is 1.64. The third kappa shape index (κ3) is 3.16. The minimum atomic E-state index is 0.717. The molecule has 82 valence electrons. The Hall–Kier alpha value is -1.16. The van der Waals surface area contributed by atoms with Crippen molar-refractivity contribution in [2.75, 3.05) is 25.1 Å². The van der Waals surface area contributed by atoms with E-state index in [4.69, 9.17) is 4.74 Å². The van der Waals surface area contributed by atoms with Crippen molar-refractivity contribution >= 4 is 5.82 Å². The topological polar surface area (TPSA) is 47.0 Å². The van der Waals surface area contributed by atoms with Gasteiger partial charge >= 0.3 is 0 Å². The number of hydrogen-bond acceptors (Lipinski definition) is 4. The highest BCUT2D eigenvalue weighted by atomic mass is 16.5. The zero-order valence-corrected chi connectivity index (χ0v) is 9.07. The van der Waals surface area contributed by atoms with Gasteiger partial charge in [0.05, 0.1) is 0 Å². The van der Waals surface area contributed by atoms with Gasteiger partial charge in [-0.2, -0.15) is 0 Å². The Labute approximate surface area is 90.1 Å². The van der Waals surface area contributed by atoms with Gasteiger partial charge in [0.2, 0.25) is 0 Å². The summed E-state index contributed by atoms with van der Waals surface area (Å²) in [4.78, 5) is 8.23. The van der Waals surface area contributed by atoms with Crippen LogP contribution in [0.15, 0.2) is 12.4 Å². The summed E-state index contributed by atoms with van der Waals surface area (Å²) < 4.78 is 5.32. The lowest BCUT2D eigenvalue weighted by molar-refractivity contribution is 0.0699. The first-order valence-electron chi connectivity index (χ1n) is 5.45. The fraction of sp³-hybridized carbons (Fsp3) is 0.636. The monoisotopic (exact) mass is 207 g/mol. The second-order valence-corrected chi connectivity index (χ2v) is 3.98. The van der Waals surface area contributed by atoms with E-state index in [9.17, 15) is 0 Å². The number of anilines is 1. The molecule has 0 aliphatic carbocycles. The smallest absolute Gasteiger partial charge is 0.129 e. The molecule has 0 unspecified atom stereocenters. The van der Waals surface area contributed by atoms with E-state index in [2.05, 4.69) is 15.3 Å². The Morgan fingerprint density at radius 1 is 1.40 bits per heavy atom. The molecule has 1 aromatic heterocycles. The van der Waals surface area contributed by atoms with Gasteiger partial charge in [-0.1, -0.05) is 0 Å². The molecule has 0 bridgehead atoms. The molecule has 0 aromatic carbocycles. The number of hydrogen-bond donors (Lipinski definition) is 1. The van der Waals surface area contributed by atoms with Crippen molar-refractivity contribution in [3.8, 4) is 0 Å². The van der Waals surface area contributed by atoms with Gasteiger partial charge in [0.15, 0.2) is 0 Å². The summed E-state index contributed by atoms with van der Waals surface area (Å²) in [6.45, 7) is 4.76. The standard InChI is InChI=1S/C11H17N3O/c1-9-6-11(14-8-13-9)12-7-10-2-4-15-5-3-10/h6,8,10H,2-5,7H2,1H3,(H,12,13,14). The molecule has 1 aliphatic rings. The lowest BCUT2D eigenvalue weighted by Gasteiger charge is -2.22. The average molecular weight is 207 g/mol. The zero-order valence-electron chi connectivity index (χ0n) is 9.07. The lowest BCUT2D eigenvalue weighted by Crippen LogP contribution is -2.22. The first kappa shape index (κ1) is 10.4. The van der Waals surface area contributed by atoms with Gasteiger partial charge in [0.1, 0.15) is 12.1 Å². The number of nitrogens with zero attached hydrogens (tertiary/aromatic N) is 2. The molecule has 0 radical (unpaired) electrons. The first-order chi connectivity index (χ1) is 7.34. The van der Waals surface area contributed by atoms with E-state index in [1.54, 1.807) is 6.33 Å². The molecule has 4 nitrogen and oxygen atoms in total. The molecule has 2 heterocycles. The van der Waals surface area contributed by atoms with Gasteiger partial charge in [-0.3, -0.25) is 0 Å². The minimum Gasteiger partial charge on any atom is -0.381 e. The van der Waals surface area contributed by atoms with Gasteiger partial charge in [-0.15, -0.1) is 0 Å². The number of aryl methyl sites for hydroxylation is 1. The molecule has 4 heteroatoms. The van der Waals surface area contributed by atoms with Crippen LogP contribution in [0.2, 0.25) is 0 Å². The maximum absolute atomic E-state index is 5.32. The molecule has 15 heavy (non-hydrogen) atoms. The van der Waals surface area contributed by atoms with Crippen LogP contribution < -0.4 is 5.32 Å². The van der Waals surface area contributed by atoms with Gasteiger partial charge in [0, 0.05) is 31.5 Å². The fourth-order valence-corrected chi connectivity index (χ4v) is 1.75. The van der Waals surface area contributed by atoms with Crippen molar-refractivity contribution in [2.45, 2.75) is 19.8 Å². The van der Waals surface area contributed by atoms with Crippen LogP contribution in [0.5, 0.6) is 0 Å². The molecule has 0 atom stereocenters. The van der Waals surface area contributed by atoms with Gasteiger partial charge in [-0.25, -0.2) is 9.97 Å². The van der Waals surface area contributed by atoms with E-state index in [-0.39, 0.29) is 0 Å². The molecule has 1 saturated heterocycles. The van der Waals surface area contributed by atoms with E-state index >= 15 is 0 Å². The quantitative estimate of drug-likeness (QED) is 0.818. The molecular weight excluding hydrogens is 190 g/mol. The van der Waals surface area contributed by atoms with Crippen molar-refractivity contribution in [3.63, 3.8) is 0 Å². The maximum Gasteiger partial charge on any atom is 0.129 e. The van der Waals surface area contributed by atoms with Crippen LogP contribution in [-0.4, -0.2) is 29.7 Å². The summed E-state index contributed by atoms with van der Waals surface area (Å²) in [5, 5.41) is 3.35. The number of rotatable bonds is 3. The van der Waals surface area contributed by atoms with Crippen molar-refractivity contribution < 1.29 is 4.74 Å². The summed E-state index contributed by atoms with van der Waals surface area (Å²) >= 11 is 0. The van der Waals surface area contributed by atoms with Crippen LogP contribution >= 0.6 is 0 Å². The Morgan fingerprint density at radius 2 is 2.20 bits per heavy atom. The molecule has 0 spiro atoms. The number of aromatic nitrogens is 2. The highest BCUT2D eigenvalue weighted by Gasteiger charge is 2.13. The highest BCUT2D eigenvalue weighted by molar-refractivity contribution is 5.34. The average Bonchev–Trinajstić information content (AvgIpc) is 2.28. The molecule has 1 aliphatic heterocycles. The maximum atomic E-state index is 5.32. The predicted molar refractivity (Wildman–Crippen MR) is 58.8 cm³/mol. The van der Waals surface area contributed by atoms with E-state index < -0.39 is 0 Å². The van der Waals surface area contributed by atoms with Crippen LogP contribution in [0.3, 0.4) is 0 Å². The second kappa shape index (κ2) is 5.07. The lowest BCUT2D eigenvalue weighted by atomic mass is 10.0. The zero-order chi connectivity index (χ0) is 10.5. The SMILES string of the molecule is Cc1cc(NCC2CCOCC2)ncn1. The summed E-state index contributed by atoms with van der Waals surface area (Å²) in [7, 11) is 0. The first-order valence-corrected chi connectivity index (χ1v) is 5.45. The normalized spacial score (nSPS) is 17.7. The predicted octanol–water partition coefficient (Wildman–Crippen LogP) is 1.62. The Kier molecular flexibility index (Phi) is 3.50. The van der Waals surface area contributed by atoms with Crippen LogP contribution in [0, 0.1) is 12.8 Å². The van der Waals surface area contributed by atoms with Crippen LogP contribution in [0.4, 0.5) is 5.82 Å². The number of ether oxygens (including phenoxy) is 1. The van der Waals surface area contributed by atoms with Crippen molar-refractivity contribution in [1.29, 1.82) is 0 Å². The van der Waals surface area contributed by atoms with Gasteiger partial charge in [-0.05, 0) is 25.7 Å². The minimum absolute atomic E-state index is 0.717. The van der Waals surface area contributed by atoms with Crippen molar-refractivity contribution in [2.24, 2.45) is 5.92 Å². The Morgan fingerprint density at radius 3 is 2.93 bits per heavy atom. The Bertz CT molecular complexity index is 310. The molecule has 1 aromatic rings. The van der Waals surface area contributed by atoms with Crippen LogP contribution in [0.25, 0.3) is 0 Å². The Balaban J connectivity index is 1.81. The number of nitrogens with one attached hydrogen (secondary N) is 1. The van der Waals surface area contributed by atoms with E-state index in [1.807, 2.05) is 13.0 Å². The molecule has 2 rings (SSSR count). The van der Waals surface area contributed by atoms with E-state index in [0.29, 0.717) is 5.92 Å². The molecule has 0 saturated carbocycles. The molecular formula is C11H17N3O. The van der Waals surface area contributed by atoms with Gasteiger partial charge < -0.3 is 10.1 Å². The third-order valence-corrected chi connectivity index (χ3v) is 2.72. The summed E-state index contributed by atoms with van der Waals surface area (Å²) in [6, 6.07) is 1.97. The molecule has 0 amide bonds. The van der Waals surface area contributed by atoms with Crippen molar-refractivity contribution in [3.05, 3.63) is 18.1 Å². The highest BCUT2D eigenvalue weighted by Crippen LogP contribution is 2.15. The van der Waals surface area contributed by atoms with Crippen LogP contribution in [0.1, 0.15) is 18.5 Å². The summed E-state index contributed by atoms with van der Waals surface area (Å²) in [6.07, 6.45) is 3.90. The largest absolute Gasteiger partial charge is 0.381 e. The summed E-state index contributed by atoms with van der Waals surface area (Å²) in [5.41, 5.74) is 1.000. The van der Waals surface area contributed by atoms with Gasteiger partial charge in [0.25, 0.3) is 0 Å². The van der Waals surface area contributed by atoms with Crippen LogP contribution in [-0.2, 0) is 4.74 Å². The van der Waals surface area contributed by atoms with Crippen molar-refractivity contribution in [1.82, 2.24) is 9.97 Å².